The number of nitrogens with one attached hydrogen (secondary N) is 1. The molecule has 3 rings (SSSR count). The Kier molecular flexibility index (Phi) is 5.40. The van der Waals surface area contributed by atoms with Gasteiger partial charge in [0.05, 0.1) is 17.1 Å². The molecule has 0 aliphatic rings. The topological polar surface area (TPSA) is 46.1 Å². The molecule has 136 valence electrons. The highest BCUT2D eigenvalue weighted by Crippen LogP contribution is 2.31. The van der Waals surface area contributed by atoms with Crippen LogP contribution in [0.15, 0.2) is 53.5 Å². The molecule has 2 aromatic heterocycles. The van der Waals surface area contributed by atoms with E-state index >= 15 is 0 Å². The van der Waals surface area contributed by atoms with Crippen molar-refractivity contribution in [2.24, 2.45) is 4.99 Å². The summed E-state index contributed by atoms with van der Waals surface area (Å²) in [6.07, 6.45) is 3.47. The monoisotopic (exact) mass is 348 g/mol. The molecule has 0 spiro atoms. The summed E-state index contributed by atoms with van der Waals surface area (Å²) in [4.78, 5) is 4.31. The lowest BCUT2D eigenvalue weighted by Gasteiger charge is -2.23. The summed E-state index contributed by atoms with van der Waals surface area (Å²) in [5, 5.41) is 8.32. The predicted octanol–water partition coefficient (Wildman–Crippen LogP) is 4.91. The summed E-state index contributed by atoms with van der Waals surface area (Å²) in [6.45, 7) is 6.36. The van der Waals surface area contributed by atoms with Gasteiger partial charge in [-0.15, -0.1) is 0 Å². The zero-order chi connectivity index (χ0) is 18.7. The fourth-order valence-corrected chi connectivity index (χ4v) is 3.74. The molecule has 4 nitrogen and oxygen atoms in total. The molecule has 0 saturated carbocycles. The van der Waals surface area contributed by atoms with Crippen molar-refractivity contribution in [1.29, 1.82) is 5.41 Å². The standard InChI is InChI=1S/C22H28N4/c1-5-6-12-19(18-10-8-7-9-11-18)25-16(2)15-21-20(25)13-14-22(23)26(21)17(3)24-4/h7-11,13-15,19,23H,5-6,12H2,1-4H3. The first-order valence-electron chi connectivity index (χ1n) is 9.35. The molecule has 4 heteroatoms. The summed E-state index contributed by atoms with van der Waals surface area (Å²) in [5.41, 5.74) is 5.22. The highest BCUT2D eigenvalue weighted by molar-refractivity contribution is 5.92. The van der Waals surface area contributed by atoms with Gasteiger partial charge in [0, 0.05) is 12.7 Å². The van der Waals surface area contributed by atoms with Crippen LogP contribution in [-0.4, -0.2) is 22.0 Å². The van der Waals surface area contributed by atoms with Crippen molar-refractivity contribution in [3.63, 3.8) is 0 Å². The number of aromatic nitrogens is 2. The summed E-state index contributed by atoms with van der Waals surface area (Å²) < 4.78 is 4.36. The van der Waals surface area contributed by atoms with Crippen molar-refractivity contribution in [2.75, 3.05) is 7.05 Å². The second-order valence-corrected chi connectivity index (χ2v) is 6.82. The van der Waals surface area contributed by atoms with Gasteiger partial charge in [0.25, 0.3) is 0 Å². The van der Waals surface area contributed by atoms with Gasteiger partial charge in [-0.3, -0.25) is 15.0 Å². The summed E-state index contributed by atoms with van der Waals surface area (Å²) in [7, 11) is 1.78. The van der Waals surface area contributed by atoms with Crippen LogP contribution in [0.4, 0.5) is 0 Å². The van der Waals surface area contributed by atoms with Crippen LogP contribution >= 0.6 is 0 Å². The first-order valence-corrected chi connectivity index (χ1v) is 9.35. The minimum atomic E-state index is 0.303. The number of hydrogen-bond acceptors (Lipinski definition) is 2. The molecule has 0 saturated heterocycles. The van der Waals surface area contributed by atoms with Crippen molar-refractivity contribution < 1.29 is 0 Å². The first kappa shape index (κ1) is 18.2. The van der Waals surface area contributed by atoms with Gasteiger partial charge >= 0.3 is 0 Å². The minimum Gasteiger partial charge on any atom is -0.336 e. The molecule has 0 radical (unpaired) electrons. The van der Waals surface area contributed by atoms with Gasteiger partial charge in [-0.05, 0) is 44.0 Å². The molecule has 3 aromatic rings. The second kappa shape index (κ2) is 7.73. The fourth-order valence-electron chi connectivity index (χ4n) is 3.74. The maximum Gasteiger partial charge on any atom is 0.130 e. The lowest BCUT2D eigenvalue weighted by molar-refractivity contribution is 0.520. The normalized spacial score (nSPS) is 13.3. The van der Waals surface area contributed by atoms with Crippen LogP contribution in [0.3, 0.4) is 0 Å². The molecule has 0 fully saturated rings. The largest absolute Gasteiger partial charge is 0.336 e. The SMILES string of the molecule is CCCCC(c1ccccc1)n1c(C)cc2c1ccc(=N)n2C(C)=NC. The Hall–Kier alpha value is -2.62. The van der Waals surface area contributed by atoms with Crippen molar-refractivity contribution >= 4 is 16.9 Å². The molecule has 0 aliphatic heterocycles. The number of nitrogens with zero attached hydrogens (tertiary/aromatic N) is 3. The third kappa shape index (κ3) is 3.24. The Morgan fingerprint density at radius 2 is 1.85 bits per heavy atom. The van der Waals surface area contributed by atoms with E-state index in [1.54, 1.807) is 7.05 Å². The number of pyridine rings is 1. The van der Waals surface area contributed by atoms with Crippen LogP contribution in [-0.2, 0) is 0 Å². The fraction of sp³-hybridized carbons (Fsp3) is 0.364. The predicted molar refractivity (Wildman–Crippen MR) is 109 cm³/mol. The van der Waals surface area contributed by atoms with Gasteiger partial charge in [-0.1, -0.05) is 50.1 Å². The Morgan fingerprint density at radius 3 is 2.50 bits per heavy atom. The molecule has 1 unspecified atom stereocenters. The van der Waals surface area contributed by atoms with E-state index in [1.807, 2.05) is 17.6 Å². The molecule has 26 heavy (non-hydrogen) atoms. The molecule has 2 heterocycles. The minimum absolute atomic E-state index is 0.303. The second-order valence-electron chi connectivity index (χ2n) is 6.82. The van der Waals surface area contributed by atoms with Crippen LogP contribution in [0.1, 0.15) is 50.4 Å². The van der Waals surface area contributed by atoms with Crippen LogP contribution in [0, 0.1) is 12.3 Å². The average Bonchev–Trinajstić information content (AvgIpc) is 2.98. The van der Waals surface area contributed by atoms with Crippen LogP contribution in [0.2, 0.25) is 0 Å². The van der Waals surface area contributed by atoms with Crippen molar-refractivity contribution in [3.05, 3.63) is 65.3 Å². The van der Waals surface area contributed by atoms with E-state index in [9.17, 15) is 0 Å². The van der Waals surface area contributed by atoms with E-state index in [0.717, 1.165) is 23.3 Å². The molecule has 0 bridgehead atoms. The molecule has 0 amide bonds. The molecular weight excluding hydrogens is 320 g/mol. The Balaban J connectivity index is 2.26. The molecule has 1 aromatic carbocycles. The zero-order valence-electron chi connectivity index (χ0n) is 16.2. The molecule has 0 aliphatic carbocycles. The van der Waals surface area contributed by atoms with E-state index in [0.29, 0.717) is 11.5 Å². The summed E-state index contributed by atoms with van der Waals surface area (Å²) >= 11 is 0. The van der Waals surface area contributed by atoms with E-state index in [2.05, 4.69) is 65.9 Å². The van der Waals surface area contributed by atoms with Gasteiger partial charge in [0.2, 0.25) is 0 Å². The smallest absolute Gasteiger partial charge is 0.130 e. The number of hydrogen-bond donors (Lipinski definition) is 1. The van der Waals surface area contributed by atoms with E-state index in [1.165, 1.54) is 24.1 Å². The number of aryl methyl sites for hydroxylation is 1. The highest BCUT2D eigenvalue weighted by atomic mass is 15.1. The van der Waals surface area contributed by atoms with E-state index in [4.69, 9.17) is 5.41 Å². The van der Waals surface area contributed by atoms with Crippen LogP contribution in [0.25, 0.3) is 11.0 Å². The number of benzene rings is 1. The third-order valence-electron chi connectivity index (χ3n) is 5.10. The Morgan fingerprint density at radius 1 is 1.12 bits per heavy atom. The Labute approximate surface area is 155 Å². The quantitative estimate of drug-likeness (QED) is 0.503. The average molecular weight is 348 g/mol. The Bertz CT molecular complexity index is 977. The highest BCUT2D eigenvalue weighted by Gasteiger charge is 2.19. The van der Waals surface area contributed by atoms with Gasteiger partial charge < -0.3 is 4.57 Å². The van der Waals surface area contributed by atoms with E-state index in [-0.39, 0.29) is 0 Å². The number of aliphatic imine (C=N–C) groups is 1. The number of fused-ring (bicyclic) bond motifs is 1. The van der Waals surface area contributed by atoms with Crippen molar-refractivity contribution in [2.45, 2.75) is 46.1 Å². The van der Waals surface area contributed by atoms with E-state index < -0.39 is 0 Å². The van der Waals surface area contributed by atoms with Gasteiger partial charge in [0.15, 0.2) is 0 Å². The van der Waals surface area contributed by atoms with Crippen LogP contribution in [0.5, 0.6) is 0 Å². The zero-order valence-corrected chi connectivity index (χ0v) is 16.2. The van der Waals surface area contributed by atoms with Crippen molar-refractivity contribution in [1.82, 2.24) is 9.13 Å². The number of rotatable bonds is 5. The van der Waals surface area contributed by atoms with Gasteiger partial charge in [-0.2, -0.15) is 0 Å². The maximum atomic E-state index is 8.32. The molecule has 1 atom stereocenters. The molecular formula is C22H28N4. The first-order chi connectivity index (χ1) is 12.6. The summed E-state index contributed by atoms with van der Waals surface area (Å²) in [5.74, 6) is 0.836. The van der Waals surface area contributed by atoms with Gasteiger partial charge in [-0.25, -0.2) is 0 Å². The van der Waals surface area contributed by atoms with Gasteiger partial charge in [0.1, 0.15) is 11.3 Å². The summed E-state index contributed by atoms with van der Waals surface area (Å²) in [6, 6.07) is 17.2. The third-order valence-corrected chi connectivity index (χ3v) is 5.10. The number of unbranched alkanes of at least 4 members (excludes halogenated alkanes) is 1. The van der Waals surface area contributed by atoms with Crippen molar-refractivity contribution in [3.8, 4) is 0 Å². The van der Waals surface area contributed by atoms with Crippen LogP contribution < -0.4 is 5.49 Å². The maximum absolute atomic E-state index is 8.32. The molecule has 1 N–H and O–H groups in total. The lowest BCUT2D eigenvalue weighted by atomic mass is 10.0. The lowest BCUT2D eigenvalue weighted by Crippen LogP contribution is -2.25.